The molecule has 0 unspecified atom stereocenters. The van der Waals surface area contributed by atoms with E-state index >= 15 is 0 Å². The second kappa shape index (κ2) is 8.78. The molecule has 0 spiro atoms. The summed E-state index contributed by atoms with van der Waals surface area (Å²) in [7, 11) is 0. The molecule has 4 rings (SSSR count). The van der Waals surface area contributed by atoms with Gasteiger partial charge in [0, 0.05) is 36.1 Å². The standard InChI is InChI=1S/C24H22ClN3O3/c1-16-3-5-17(6-4-16)21-20(22(29)18-7-9-19(25)10-8-18)23(30)24(31)28(21)13-2-12-27-14-11-26-15-27/h3-11,14-15,21,29H,2,12-13H2,1H3/t21-/m0/s1. The lowest BCUT2D eigenvalue weighted by Crippen LogP contribution is -2.31. The molecule has 2 heterocycles. The van der Waals surface area contributed by atoms with Crippen molar-refractivity contribution in [2.24, 2.45) is 0 Å². The number of carbonyl (C=O) groups excluding carboxylic acids is 2. The third-order valence-corrected chi connectivity index (χ3v) is 5.68. The van der Waals surface area contributed by atoms with Crippen molar-refractivity contribution in [1.29, 1.82) is 0 Å². The molecule has 0 aliphatic carbocycles. The SMILES string of the molecule is Cc1ccc([C@H]2C(=C(O)c3ccc(Cl)cc3)C(=O)C(=O)N2CCCn2ccnc2)cc1. The quantitative estimate of drug-likeness (QED) is 0.354. The highest BCUT2D eigenvalue weighted by molar-refractivity contribution is 6.46. The zero-order valence-corrected chi connectivity index (χ0v) is 17.8. The highest BCUT2D eigenvalue weighted by atomic mass is 35.5. The summed E-state index contributed by atoms with van der Waals surface area (Å²) in [4.78, 5) is 31.5. The predicted molar refractivity (Wildman–Crippen MR) is 118 cm³/mol. The van der Waals surface area contributed by atoms with Crippen LogP contribution in [0, 0.1) is 6.92 Å². The van der Waals surface area contributed by atoms with E-state index in [4.69, 9.17) is 11.6 Å². The summed E-state index contributed by atoms with van der Waals surface area (Å²) in [5.74, 6) is -1.48. The summed E-state index contributed by atoms with van der Waals surface area (Å²) < 4.78 is 1.92. The van der Waals surface area contributed by atoms with E-state index in [2.05, 4.69) is 4.98 Å². The number of hydrogen-bond donors (Lipinski definition) is 1. The Labute approximate surface area is 185 Å². The second-order valence-electron chi connectivity index (χ2n) is 7.56. The van der Waals surface area contributed by atoms with Gasteiger partial charge in [0.15, 0.2) is 0 Å². The van der Waals surface area contributed by atoms with Crippen LogP contribution in [0.3, 0.4) is 0 Å². The summed E-state index contributed by atoms with van der Waals surface area (Å²) in [5, 5.41) is 11.5. The summed E-state index contributed by atoms with van der Waals surface area (Å²) >= 11 is 5.96. The minimum absolute atomic E-state index is 0.0961. The van der Waals surface area contributed by atoms with E-state index < -0.39 is 17.7 Å². The number of ketones is 1. The van der Waals surface area contributed by atoms with Gasteiger partial charge in [-0.2, -0.15) is 0 Å². The molecule has 7 heteroatoms. The van der Waals surface area contributed by atoms with Gasteiger partial charge in [-0.25, -0.2) is 4.98 Å². The zero-order chi connectivity index (χ0) is 22.0. The Kier molecular flexibility index (Phi) is 5.91. The summed E-state index contributed by atoms with van der Waals surface area (Å²) in [6.45, 7) is 3.01. The molecule has 1 saturated heterocycles. The van der Waals surface area contributed by atoms with Crippen LogP contribution in [-0.2, 0) is 16.1 Å². The van der Waals surface area contributed by atoms with E-state index in [0.717, 1.165) is 11.1 Å². The molecule has 1 amide bonds. The van der Waals surface area contributed by atoms with Crippen LogP contribution >= 0.6 is 11.6 Å². The van der Waals surface area contributed by atoms with Gasteiger partial charge in [-0.3, -0.25) is 9.59 Å². The lowest BCUT2D eigenvalue weighted by molar-refractivity contribution is -0.139. The predicted octanol–water partition coefficient (Wildman–Crippen LogP) is 4.36. The van der Waals surface area contributed by atoms with E-state index in [1.54, 1.807) is 41.7 Å². The fourth-order valence-electron chi connectivity index (χ4n) is 3.81. The van der Waals surface area contributed by atoms with Crippen LogP contribution in [0.25, 0.3) is 5.76 Å². The first-order chi connectivity index (χ1) is 15.0. The molecule has 0 radical (unpaired) electrons. The molecule has 2 aromatic carbocycles. The number of aliphatic hydroxyl groups excluding tert-OH is 1. The molecule has 6 nitrogen and oxygen atoms in total. The van der Waals surface area contributed by atoms with E-state index in [1.807, 2.05) is 42.0 Å². The number of amides is 1. The molecule has 0 bridgehead atoms. The molecule has 0 saturated carbocycles. The van der Waals surface area contributed by atoms with Crippen molar-refractivity contribution >= 4 is 29.1 Å². The molecule has 1 fully saturated rings. The minimum atomic E-state index is -0.680. The van der Waals surface area contributed by atoms with E-state index in [9.17, 15) is 14.7 Å². The number of aryl methyl sites for hydroxylation is 2. The Hall–Kier alpha value is -3.38. The Morgan fingerprint density at radius 3 is 2.42 bits per heavy atom. The van der Waals surface area contributed by atoms with Crippen molar-refractivity contribution in [1.82, 2.24) is 14.5 Å². The van der Waals surface area contributed by atoms with Crippen molar-refractivity contribution in [3.05, 3.63) is 94.5 Å². The third kappa shape index (κ3) is 4.25. The minimum Gasteiger partial charge on any atom is -0.507 e. The van der Waals surface area contributed by atoms with Crippen LogP contribution in [0.5, 0.6) is 0 Å². The Balaban J connectivity index is 1.72. The number of nitrogens with zero attached hydrogens (tertiary/aromatic N) is 3. The number of aliphatic hydroxyl groups is 1. The number of halogens is 1. The molecular weight excluding hydrogens is 414 g/mol. The largest absolute Gasteiger partial charge is 0.507 e. The van der Waals surface area contributed by atoms with Crippen LogP contribution in [0.15, 0.2) is 72.8 Å². The average Bonchev–Trinajstić information content (AvgIpc) is 3.37. The average molecular weight is 436 g/mol. The maximum absolute atomic E-state index is 13.0. The molecule has 1 aliphatic rings. The maximum atomic E-state index is 13.0. The molecule has 1 aromatic heterocycles. The third-order valence-electron chi connectivity index (χ3n) is 5.43. The summed E-state index contributed by atoms with van der Waals surface area (Å²) in [6.07, 6.45) is 5.91. The lowest BCUT2D eigenvalue weighted by Gasteiger charge is -2.25. The molecular formula is C24H22ClN3O3. The number of benzene rings is 2. The van der Waals surface area contributed by atoms with Gasteiger partial charge >= 0.3 is 0 Å². The van der Waals surface area contributed by atoms with Crippen LogP contribution < -0.4 is 0 Å². The van der Waals surface area contributed by atoms with Crippen molar-refractivity contribution in [3.63, 3.8) is 0 Å². The number of Topliss-reactive ketones (excluding diaryl/α,β-unsaturated/α-hetero) is 1. The van der Waals surface area contributed by atoms with Crippen LogP contribution in [0.4, 0.5) is 0 Å². The normalized spacial score (nSPS) is 18.0. The fourth-order valence-corrected chi connectivity index (χ4v) is 3.94. The topological polar surface area (TPSA) is 75.4 Å². The highest BCUT2D eigenvalue weighted by Gasteiger charge is 2.45. The first-order valence-electron chi connectivity index (χ1n) is 10.0. The van der Waals surface area contributed by atoms with E-state index in [0.29, 0.717) is 30.1 Å². The van der Waals surface area contributed by atoms with Crippen LogP contribution in [0.1, 0.15) is 29.2 Å². The number of imidazole rings is 1. The van der Waals surface area contributed by atoms with Gasteiger partial charge in [-0.1, -0.05) is 41.4 Å². The van der Waals surface area contributed by atoms with Crippen molar-refractivity contribution in [2.75, 3.05) is 6.54 Å². The molecule has 158 valence electrons. The number of likely N-dealkylation sites (tertiary alicyclic amines) is 1. The van der Waals surface area contributed by atoms with Gasteiger partial charge in [0.25, 0.3) is 11.7 Å². The fraction of sp³-hybridized carbons (Fsp3) is 0.208. The smallest absolute Gasteiger partial charge is 0.295 e. The molecule has 1 aliphatic heterocycles. The summed E-state index contributed by atoms with van der Waals surface area (Å²) in [5.41, 5.74) is 2.39. The zero-order valence-electron chi connectivity index (χ0n) is 17.0. The molecule has 3 aromatic rings. The number of aromatic nitrogens is 2. The Bertz CT molecular complexity index is 1120. The molecule has 1 atom stereocenters. The van der Waals surface area contributed by atoms with Crippen LogP contribution in [-0.4, -0.2) is 37.8 Å². The van der Waals surface area contributed by atoms with Gasteiger partial charge in [-0.15, -0.1) is 0 Å². The first-order valence-corrected chi connectivity index (χ1v) is 10.4. The summed E-state index contributed by atoms with van der Waals surface area (Å²) in [6, 6.07) is 13.5. The number of hydrogen-bond acceptors (Lipinski definition) is 4. The first kappa shape index (κ1) is 20.9. The lowest BCUT2D eigenvalue weighted by atomic mass is 9.94. The van der Waals surface area contributed by atoms with Crippen molar-refractivity contribution in [2.45, 2.75) is 25.9 Å². The van der Waals surface area contributed by atoms with Gasteiger partial charge in [0.1, 0.15) is 5.76 Å². The maximum Gasteiger partial charge on any atom is 0.295 e. The van der Waals surface area contributed by atoms with Gasteiger partial charge in [-0.05, 0) is 43.2 Å². The van der Waals surface area contributed by atoms with Crippen molar-refractivity contribution in [3.8, 4) is 0 Å². The number of carbonyl (C=O) groups is 2. The van der Waals surface area contributed by atoms with E-state index in [-0.39, 0.29) is 11.3 Å². The van der Waals surface area contributed by atoms with Crippen molar-refractivity contribution < 1.29 is 14.7 Å². The van der Waals surface area contributed by atoms with E-state index in [1.165, 1.54) is 0 Å². The van der Waals surface area contributed by atoms with Gasteiger partial charge < -0.3 is 14.6 Å². The van der Waals surface area contributed by atoms with Gasteiger partial charge in [0.2, 0.25) is 0 Å². The molecule has 1 N–H and O–H groups in total. The molecule has 31 heavy (non-hydrogen) atoms. The number of rotatable bonds is 6. The Morgan fingerprint density at radius 2 is 1.77 bits per heavy atom. The monoisotopic (exact) mass is 435 g/mol. The second-order valence-corrected chi connectivity index (χ2v) is 8.00. The Morgan fingerprint density at radius 1 is 1.06 bits per heavy atom. The van der Waals surface area contributed by atoms with Gasteiger partial charge in [0.05, 0.1) is 17.9 Å². The van der Waals surface area contributed by atoms with Crippen LogP contribution in [0.2, 0.25) is 5.02 Å². The highest BCUT2D eigenvalue weighted by Crippen LogP contribution is 2.39.